The molecule has 0 aromatic rings. The van der Waals surface area contributed by atoms with Gasteiger partial charge in [-0.1, -0.05) is 32.5 Å². The van der Waals surface area contributed by atoms with E-state index in [1.54, 1.807) is 0 Å². The van der Waals surface area contributed by atoms with Gasteiger partial charge >= 0.3 is 0 Å². The van der Waals surface area contributed by atoms with Crippen LogP contribution >= 0.6 is 12.2 Å². The Kier molecular flexibility index (Phi) is 8.04. The molecule has 4 heteroatoms. The number of thiocarbonyl (C=S) groups is 1. The second-order valence-corrected chi connectivity index (χ2v) is 4.15. The Labute approximate surface area is 92.3 Å². The van der Waals surface area contributed by atoms with Crippen LogP contribution in [0.4, 0.5) is 0 Å². The van der Waals surface area contributed by atoms with Gasteiger partial charge in [0.25, 0.3) is 0 Å². The molecule has 0 aliphatic heterocycles. The van der Waals surface area contributed by atoms with E-state index in [9.17, 15) is 0 Å². The third kappa shape index (κ3) is 6.29. The van der Waals surface area contributed by atoms with Crippen LogP contribution in [-0.2, 0) is 0 Å². The van der Waals surface area contributed by atoms with Gasteiger partial charge in [0.15, 0.2) is 0 Å². The Hall–Kier alpha value is -0.190. The van der Waals surface area contributed by atoms with Crippen LogP contribution < -0.4 is 5.73 Å². The highest BCUT2D eigenvalue weighted by molar-refractivity contribution is 7.80. The summed E-state index contributed by atoms with van der Waals surface area (Å²) in [5.41, 5.74) is 5.55. The van der Waals surface area contributed by atoms with Gasteiger partial charge in [-0.15, -0.1) is 0 Å². The fourth-order valence-corrected chi connectivity index (χ4v) is 1.37. The number of hydrogen-bond acceptors (Lipinski definition) is 3. The highest BCUT2D eigenvalue weighted by Gasteiger charge is 2.11. The first-order valence-corrected chi connectivity index (χ1v) is 5.65. The normalized spacial score (nSPS) is 13.1. The molecule has 0 fully saturated rings. The Morgan fingerprint density at radius 3 is 2.57 bits per heavy atom. The molecule has 0 radical (unpaired) electrons. The molecule has 0 saturated carbocycles. The lowest BCUT2D eigenvalue weighted by molar-refractivity contribution is 0.187. The number of unbranched alkanes of at least 4 members (excludes halogenated alkanes) is 1. The molecule has 0 aliphatic rings. The molecule has 3 nitrogen and oxygen atoms in total. The molecular formula is C10H22N2OS. The Balaban J connectivity index is 3.87. The minimum Gasteiger partial charge on any atom is -0.395 e. The van der Waals surface area contributed by atoms with Crippen LogP contribution in [0.25, 0.3) is 0 Å². The second-order valence-electron chi connectivity index (χ2n) is 3.68. The molecule has 1 unspecified atom stereocenters. The molecule has 3 N–H and O–H groups in total. The van der Waals surface area contributed by atoms with Crippen molar-refractivity contribution in [1.82, 2.24) is 4.90 Å². The molecule has 84 valence electrons. The molecule has 0 aliphatic carbocycles. The summed E-state index contributed by atoms with van der Waals surface area (Å²) in [6.45, 7) is 6.98. The largest absolute Gasteiger partial charge is 0.395 e. The number of nitrogens with zero attached hydrogens (tertiary/aromatic N) is 1. The molecule has 0 aromatic heterocycles. The molecule has 0 amide bonds. The predicted molar refractivity (Wildman–Crippen MR) is 64.4 cm³/mol. The van der Waals surface area contributed by atoms with Crippen molar-refractivity contribution in [2.45, 2.75) is 26.7 Å². The van der Waals surface area contributed by atoms with Crippen LogP contribution in [0.2, 0.25) is 0 Å². The van der Waals surface area contributed by atoms with Gasteiger partial charge in [0.05, 0.1) is 11.6 Å². The SMILES string of the molecule is CCCCN(CCO)CC(C)C(N)=S. The molecule has 0 aromatic carbocycles. The zero-order valence-corrected chi connectivity index (χ0v) is 10.0. The summed E-state index contributed by atoms with van der Waals surface area (Å²) in [7, 11) is 0. The highest BCUT2D eigenvalue weighted by atomic mass is 32.1. The van der Waals surface area contributed by atoms with Crippen molar-refractivity contribution in [2.75, 3.05) is 26.2 Å². The summed E-state index contributed by atoms with van der Waals surface area (Å²) in [6.07, 6.45) is 2.33. The predicted octanol–water partition coefficient (Wildman–Crippen LogP) is 1.00. The number of hydrogen-bond donors (Lipinski definition) is 2. The lowest BCUT2D eigenvalue weighted by Gasteiger charge is -2.24. The number of aliphatic hydroxyl groups is 1. The van der Waals surface area contributed by atoms with Crippen LogP contribution in [0.15, 0.2) is 0 Å². The first kappa shape index (κ1) is 13.8. The van der Waals surface area contributed by atoms with Crippen molar-refractivity contribution >= 4 is 17.2 Å². The third-order valence-corrected chi connectivity index (χ3v) is 2.66. The molecular weight excluding hydrogens is 196 g/mol. The van der Waals surface area contributed by atoms with Crippen molar-refractivity contribution in [3.8, 4) is 0 Å². The molecule has 0 bridgehead atoms. The monoisotopic (exact) mass is 218 g/mol. The summed E-state index contributed by atoms with van der Waals surface area (Å²) in [5.74, 6) is 0.230. The average Bonchev–Trinajstić information content (AvgIpc) is 2.14. The number of rotatable bonds is 8. The minimum absolute atomic E-state index is 0.202. The van der Waals surface area contributed by atoms with Gasteiger partial charge in [0, 0.05) is 19.0 Å². The van der Waals surface area contributed by atoms with Gasteiger partial charge in [-0.2, -0.15) is 0 Å². The van der Waals surface area contributed by atoms with E-state index in [0.717, 1.165) is 19.5 Å². The van der Waals surface area contributed by atoms with E-state index in [0.29, 0.717) is 11.5 Å². The summed E-state index contributed by atoms with van der Waals surface area (Å²) < 4.78 is 0. The van der Waals surface area contributed by atoms with Crippen molar-refractivity contribution < 1.29 is 5.11 Å². The minimum atomic E-state index is 0.202. The standard InChI is InChI=1S/C10H22N2OS/c1-3-4-5-12(6-7-13)8-9(2)10(11)14/h9,13H,3-8H2,1-2H3,(H2,11,14). The van der Waals surface area contributed by atoms with Crippen molar-refractivity contribution in [2.24, 2.45) is 11.7 Å². The first-order chi connectivity index (χ1) is 6.61. The van der Waals surface area contributed by atoms with Crippen molar-refractivity contribution in [1.29, 1.82) is 0 Å². The average molecular weight is 218 g/mol. The fourth-order valence-electron chi connectivity index (χ4n) is 1.29. The van der Waals surface area contributed by atoms with Gasteiger partial charge < -0.3 is 15.7 Å². The number of nitrogens with two attached hydrogens (primary N) is 1. The summed E-state index contributed by atoms with van der Waals surface area (Å²) in [4.78, 5) is 2.78. The van der Waals surface area contributed by atoms with Gasteiger partial charge in [-0.3, -0.25) is 0 Å². The van der Waals surface area contributed by atoms with Gasteiger partial charge in [-0.05, 0) is 13.0 Å². The van der Waals surface area contributed by atoms with Gasteiger partial charge in [0.1, 0.15) is 0 Å². The van der Waals surface area contributed by atoms with E-state index >= 15 is 0 Å². The summed E-state index contributed by atoms with van der Waals surface area (Å²) >= 11 is 4.92. The van der Waals surface area contributed by atoms with Crippen LogP contribution in [0.5, 0.6) is 0 Å². The highest BCUT2D eigenvalue weighted by Crippen LogP contribution is 2.02. The van der Waals surface area contributed by atoms with Crippen molar-refractivity contribution in [3.63, 3.8) is 0 Å². The maximum Gasteiger partial charge on any atom is 0.0768 e. The summed E-state index contributed by atoms with van der Waals surface area (Å²) in [6, 6.07) is 0. The van der Waals surface area contributed by atoms with Gasteiger partial charge in [0.2, 0.25) is 0 Å². The lowest BCUT2D eigenvalue weighted by Crippen LogP contribution is -2.36. The Bertz CT molecular complexity index is 164. The van der Waals surface area contributed by atoms with Crippen LogP contribution in [-0.4, -0.2) is 41.2 Å². The van der Waals surface area contributed by atoms with E-state index in [2.05, 4.69) is 11.8 Å². The first-order valence-electron chi connectivity index (χ1n) is 5.24. The van der Waals surface area contributed by atoms with E-state index in [1.807, 2.05) is 6.92 Å². The van der Waals surface area contributed by atoms with E-state index < -0.39 is 0 Å². The van der Waals surface area contributed by atoms with E-state index in [1.165, 1.54) is 6.42 Å². The third-order valence-electron chi connectivity index (χ3n) is 2.26. The lowest BCUT2D eigenvalue weighted by atomic mass is 10.1. The molecule has 1 atom stereocenters. The molecule has 0 heterocycles. The molecule has 0 spiro atoms. The summed E-state index contributed by atoms with van der Waals surface area (Å²) in [5, 5.41) is 8.88. The molecule has 0 rings (SSSR count). The quantitative estimate of drug-likeness (QED) is 0.597. The Morgan fingerprint density at radius 1 is 1.50 bits per heavy atom. The van der Waals surface area contributed by atoms with Gasteiger partial charge in [-0.25, -0.2) is 0 Å². The van der Waals surface area contributed by atoms with Crippen molar-refractivity contribution in [3.05, 3.63) is 0 Å². The smallest absolute Gasteiger partial charge is 0.0768 e. The molecule has 14 heavy (non-hydrogen) atoms. The maximum atomic E-state index is 8.88. The van der Waals surface area contributed by atoms with Crippen LogP contribution in [0, 0.1) is 5.92 Å². The molecule has 0 saturated heterocycles. The zero-order chi connectivity index (χ0) is 11.0. The Morgan fingerprint density at radius 2 is 2.14 bits per heavy atom. The van der Waals surface area contributed by atoms with Crippen LogP contribution in [0.3, 0.4) is 0 Å². The van der Waals surface area contributed by atoms with E-state index in [4.69, 9.17) is 23.1 Å². The zero-order valence-electron chi connectivity index (χ0n) is 9.20. The van der Waals surface area contributed by atoms with E-state index in [-0.39, 0.29) is 12.5 Å². The number of aliphatic hydroxyl groups excluding tert-OH is 1. The second kappa shape index (κ2) is 8.15. The topological polar surface area (TPSA) is 49.5 Å². The maximum absolute atomic E-state index is 8.88. The van der Waals surface area contributed by atoms with Crippen LogP contribution in [0.1, 0.15) is 26.7 Å². The fraction of sp³-hybridized carbons (Fsp3) is 0.900.